The van der Waals surface area contributed by atoms with E-state index in [1.807, 2.05) is 13.1 Å². The van der Waals surface area contributed by atoms with E-state index < -0.39 is 0 Å². The van der Waals surface area contributed by atoms with Gasteiger partial charge in [-0.1, -0.05) is 23.2 Å². The van der Waals surface area contributed by atoms with Gasteiger partial charge in [-0.25, -0.2) is 14.6 Å². The molecule has 0 aliphatic carbocycles. The summed E-state index contributed by atoms with van der Waals surface area (Å²) in [4.78, 5) is 21.7. The maximum atomic E-state index is 12.7. The fourth-order valence-electron chi connectivity index (χ4n) is 3.35. The van der Waals surface area contributed by atoms with E-state index in [0.717, 1.165) is 5.82 Å². The summed E-state index contributed by atoms with van der Waals surface area (Å²) in [5.74, 6) is 0.524. The van der Waals surface area contributed by atoms with E-state index in [1.54, 1.807) is 35.1 Å². The van der Waals surface area contributed by atoms with Crippen LogP contribution in [0.15, 0.2) is 42.9 Å². The number of imidazole rings is 1. The van der Waals surface area contributed by atoms with Gasteiger partial charge in [-0.05, 0) is 45.0 Å². The molecule has 3 aromatic heterocycles. The molecule has 0 saturated carbocycles. The van der Waals surface area contributed by atoms with Crippen molar-refractivity contribution in [1.82, 2.24) is 24.3 Å². The summed E-state index contributed by atoms with van der Waals surface area (Å²) in [6.45, 7) is 6.49. The molecule has 0 radical (unpaired) electrons. The molecule has 1 N–H and O–H groups in total. The monoisotopic (exact) mass is 442 g/mol. The van der Waals surface area contributed by atoms with E-state index in [-0.39, 0.29) is 17.5 Å². The Morgan fingerprint density at radius 1 is 1.17 bits per heavy atom. The SMILES string of the molecule is Cc1nn(Cc2nccn2C(C)C)c2ncc(C(=O)Nc3ccc(Cl)cc3)c(Cl)c12. The number of anilines is 1. The van der Waals surface area contributed by atoms with Crippen LogP contribution in [0.2, 0.25) is 10.0 Å². The minimum absolute atomic E-state index is 0.283. The van der Waals surface area contributed by atoms with Crippen LogP contribution in [0.1, 0.15) is 41.8 Å². The van der Waals surface area contributed by atoms with Crippen molar-refractivity contribution in [3.63, 3.8) is 0 Å². The van der Waals surface area contributed by atoms with Crippen molar-refractivity contribution in [3.8, 4) is 0 Å². The molecular formula is C21H20Cl2N6O. The van der Waals surface area contributed by atoms with E-state index in [4.69, 9.17) is 23.2 Å². The topological polar surface area (TPSA) is 77.6 Å². The Bertz CT molecular complexity index is 1230. The second-order valence-corrected chi connectivity index (χ2v) is 8.05. The molecule has 0 aliphatic rings. The minimum atomic E-state index is -0.348. The van der Waals surface area contributed by atoms with E-state index in [1.165, 1.54) is 6.20 Å². The van der Waals surface area contributed by atoms with Crippen molar-refractivity contribution in [2.24, 2.45) is 0 Å². The van der Waals surface area contributed by atoms with Gasteiger partial charge in [0.2, 0.25) is 0 Å². The predicted octanol–water partition coefficient (Wildman–Crippen LogP) is 5.12. The predicted molar refractivity (Wildman–Crippen MR) is 118 cm³/mol. The van der Waals surface area contributed by atoms with Gasteiger partial charge in [0, 0.05) is 35.3 Å². The molecule has 4 aromatic rings. The summed E-state index contributed by atoms with van der Waals surface area (Å²) in [5.41, 5.74) is 2.21. The number of nitrogens with zero attached hydrogens (tertiary/aromatic N) is 5. The summed E-state index contributed by atoms with van der Waals surface area (Å²) in [6, 6.07) is 7.14. The molecule has 30 heavy (non-hydrogen) atoms. The molecule has 1 amide bonds. The number of hydrogen-bond donors (Lipinski definition) is 1. The molecule has 0 atom stereocenters. The largest absolute Gasteiger partial charge is 0.331 e. The number of halogens is 2. The number of nitrogens with one attached hydrogen (secondary N) is 1. The molecule has 1 aromatic carbocycles. The molecule has 0 aliphatic heterocycles. The first kappa shape index (κ1) is 20.4. The molecule has 0 unspecified atom stereocenters. The number of aromatic nitrogens is 5. The van der Waals surface area contributed by atoms with Crippen LogP contribution in [-0.4, -0.2) is 30.2 Å². The molecule has 0 spiro atoms. The Morgan fingerprint density at radius 2 is 1.90 bits per heavy atom. The second-order valence-electron chi connectivity index (χ2n) is 7.23. The van der Waals surface area contributed by atoms with Gasteiger partial charge in [-0.3, -0.25) is 4.79 Å². The number of fused-ring (bicyclic) bond motifs is 1. The second kappa shape index (κ2) is 8.08. The number of benzene rings is 1. The van der Waals surface area contributed by atoms with E-state index in [9.17, 15) is 4.79 Å². The number of pyridine rings is 1. The van der Waals surface area contributed by atoms with Crippen molar-refractivity contribution in [1.29, 1.82) is 0 Å². The van der Waals surface area contributed by atoms with Crippen molar-refractivity contribution < 1.29 is 4.79 Å². The summed E-state index contributed by atoms with van der Waals surface area (Å²) < 4.78 is 3.84. The third kappa shape index (κ3) is 3.78. The van der Waals surface area contributed by atoms with Gasteiger partial charge < -0.3 is 9.88 Å². The van der Waals surface area contributed by atoms with Crippen molar-refractivity contribution in [2.45, 2.75) is 33.4 Å². The summed E-state index contributed by atoms with van der Waals surface area (Å²) in [5, 5.41) is 8.97. The zero-order valence-corrected chi connectivity index (χ0v) is 18.2. The lowest BCUT2D eigenvalue weighted by molar-refractivity contribution is 0.102. The summed E-state index contributed by atoms with van der Waals surface area (Å²) >= 11 is 12.5. The zero-order chi connectivity index (χ0) is 21.4. The lowest BCUT2D eigenvalue weighted by Gasteiger charge is -2.12. The van der Waals surface area contributed by atoms with Crippen molar-refractivity contribution >= 4 is 45.8 Å². The molecule has 154 valence electrons. The molecule has 7 nitrogen and oxygen atoms in total. The molecule has 0 saturated heterocycles. The molecule has 9 heteroatoms. The Hall–Kier alpha value is -2.90. The van der Waals surface area contributed by atoms with Crippen LogP contribution in [0, 0.1) is 6.92 Å². The van der Waals surface area contributed by atoms with Gasteiger partial charge in [0.05, 0.1) is 21.7 Å². The van der Waals surface area contributed by atoms with Gasteiger partial charge in [-0.15, -0.1) is 0 Å². The van der Waals surface area contributed by atoms with Gasteiger partial charge >= 0.3 is 0 Å². The van der Waals surface area contributed by atoms with Gasteiger partial charge in [0.15, 0.2) is 5.65 Å². The van der Waals surface area contributed by atoms with Crippen LogP contribution in [0.3, 0.4) is 0 Å². The van der Waals surface area contributed by atoms with E-state index >= 15 is 0 Å². The molecule has 4 rings (SSSR count). The maximum absolute atomic E-state index is 12.7. The Balaban J connectivity index is 1.67. The number of carbonyl (C=O) groups excluding carboxylic acids is 1. The molecular weight excluding hydrogens is 423 g/mol. The molecule has 0 bridgehead atoms. The van der Waals surface area contributed by atoms with E-state index in [2.05, 4.69) is 38.8 Å². The first-order valence-electron chi connectivity index (χ1n) is 9.45. The number of rotatable bonds is 5. The van der Waals surface area contributed by atoms with Crippen molar-refractivity contribution in [3.05, 3.63) is 70.0 Å². The Labute approximate surface area is 183 Å². The number of hydrogen-bond acceptors (Lipinski definition) is 4. The normalized spacial score (nSPS) is 11.4. The maximum Gasteiger partial charge on any atom is 0.258 e. The Morgan fingerprint density at radius 3 is 2.60 bits per heavy atom. The van der Waals surface area contributed by atoms with Crippen LogP contribution in [0.25, 0.3) is 11.0 Å². The molecule has 0 fully saturated rings. The lowest BCUT2D eigenvalue weighted by Crippen LogP contribution is -2.14. The highest BCUT2D eigenvalue weighted by molar-refractivity contribution is 6.39. The Kier molecular flexibility index (Phi) is 5.49. The van der Waals surface area contributed by atoms with Crippen LogP contribution < -0.4 is 5.32 Å². The van der Waals surface area contributed by atoms with Crippen LogP contribution >= 0.6 is 23.2 Å². The smallest absolute Gasteiger partial charge is 0.258 e. The van der Waals surface area contributed by atoms with E-state index in [0.29, 0.717) is 39.0 Å². The average Bonchev–Trinajstić information content (AvgIpc) is 3.29. The summed E-state index contributed by atoms with van der Waals surface area (Å²) in [6.07, 6.45) is 5.19. The van der Waals surface area contributed by atoms with Crippen LogP contribution in [0.4, 0.5) is 5.69 Å². The fraction of sp³-hybridized carbons (Fsp3) is 0.238. The minimum Gasteiger partial charge on any atom is -0.331 e. The van der Waals surface area contributed by atoms with Gasteiger partial charge in [0.1, 0.15) is 12.4 Å². The van der Waals surface area contributed by atoms with Crippen LogP contribution in [0.5, 0.6) is 0 Å². The third-order valence-corrected chi connectivity index (χ3v) is 5.46. The van der Waals surface area contributed by atoms with Crippen LogP contribution in [-0.2, 0) is 6.54 Å². The highest BCUT2D eigenvalue weighted by atomic mass is 35.5. The third-order valence-electron chi connectivity index (χ3n) is 4.82. The number of aryl methyl sites for hydroxylation is 1. The standard InChI is InChI=1S/C21H20Cl2N6O/c1-12(2)28-9-8-24-17(28)11-29-20-18(13(3)27-29)19(23)16(10-25-20)21(30)26-15-6-4-14(22)5-7-15/h4-10,12H,11H2,1-3H3,(H,26,30). The van der Waals surface area contributed by atoms with Crippen molar-refractivity contribution in [2.75, 3.05) is 5.32 Å². The summed E-state index contributed by atoms with van der Waals surface area (Å²) in [7, 11) is 0. The van der Waals surface area contributed by atoms with Gasteiger partial charge in [-0.2, -0.15) is 5.10 Å². The molecule has 3 heterocycles. The van der Waals surface area contributed by atoms with Gasteiger partial charge in [0.25, 0.3) is 5.91 Å². The highest BCUT2D eigenvalue weighted by Gasteiger charge is 2.20. The number of amides is 1. The lowest BCUT2D eigenvalue weighted by atomic mass is 10.2. The highest BCUT2D eigenvalue weighted by Crippen LogP contribution is 2.29. The zero-order valence-electron chi connectivity index (χ0n) is 16.7. The first-order valence-corrected chi connectivity index (χ1v) is 10.2. The number of carbonyl (C=O) groups is 1. The quantitative estimate of drug-likeness (QED) is 0.464. The fourth-order valence-corrected chi connectivity index (χ4v) is 3.83. The first-order chi connectivity index (χ1) is 14.3. The average molecular weight is 443 g/mol.